The molecule has 0 saturated carbocycles. The number of benzene rings is 3. The van der Waals surface area contributed by atoms with Gasteiger partial charge in [0.15, 0.2) is 6.61 Å². The summed E-state index contributed by atoms with van der Waals surface area (Å²) in [6.07, 6.45) is 0.356. The van der Waals surface area contributed by atoms with Crippen molar-refractivity contribution in [2.45, 2.75) is 25.9 Å². The number of rotatable bonds is 10. The molecular weight excluding hydrogens is 459 g/mol. The van der Waals surface area contributed by atoms with Crippen LogP contribution >= 0.6 is 23.2 Å². The highest BCUT2D eigenvalue weighted by atomic mass is 35.5. The van der Waals surface area contributed by atoms with Gasteiger partial charge in [-0.05, 0) is 36.2 Å². The van der Waals surface area contributed by atoms with Gasteiger partial charge in [-0.15, -0.1) is 0 Å². The van der Waals surface area contributed by atoms with Gasteiger partial charge in [0, 0.05) is 24.5 Å². The smallest absolute Gasteiger partial charge is 0.261 e. The minimum Gasteiger partial charge on any atom is -0.482 e. The highest BCUT2D eigenvalue weighted by Gasteiger charge is 2.31. The summed E-state index contributed by atoms with van der Waals surface area (Å²) in [6.45, 7) is 2.20. The molecule has 0 fully saturated rings. The first-order chi connectivity index (χ1) is 16.0. The van der Waals surface area contributed by atoms with Crippen molar-refractivity contribution in [1.82, 2.24) is 10.2 Å². The number of ether oxygens (including phenoxy) is 1. The van der Waals surface area contributed by atoms with Crippen LogP contribution in [-0.4, -0.2) is 35.9 Å². The van der Waals surface area contributed by atoms with Crippen LogP contribution in [0.2, 0.25) is 10.0 Å². The highest BCUT2D eigenvalue weighted by molar-refractivity contribution is 6.32. The van der Waals surface area contributed by atoms with Gasteiger partial charge >= 0.3 is 0 Å². The molecular formula is C26H26Cl2N2O3. The Hall–Kier alpha value is -3.02. The quantitative estimate of drug-likeness (QED) is 0.432. The molecule has 1 unspecified atom stereocenters. The van der Waals surface area contributed by atoms with Crippen LogP contribution in [0.25, 0.3) is 0 Å². The molecule has 172 valence electrons. The van der Waals surface area contributed by atoms with Crippen molar-refractivity contribution in [3.8, 4) is 5.75 Å². The van der Waals surface area contributed by atoms with Crippen molar-refractivity contribution in [3.05, 3.63) is 100 Å². The van der Waals surface area contributed by atoms with Crippen LogP contribution in [0.15, 0.2) is 78.9 Å². The van der Waals surface area contributed by atoms with Gasteiger partial charge in [0.1, 0.15) is 11.8 Å². The number of nitrogens with zero attached hydrogens (tertiary/aromatic N) is 1. The summed E-state index contributed by atoms with van der Waals surface area (Å²) in [5, 5.41) is 3.79. The maximum atomic E-state index is 13.4. The Morgan fingerprint density at radius 1 is 0.909 bits per heavy atom. The molecule has 0 radical (unpaired) electrons. The van der Waals surface area contributed by atoms with E-state index in [1.54, 1.807) is 30.3 Å². The lowest BCUT2D eigenvalue weighted by Gasteiger charge is -2.31. The number of para-hydroxylation sites is 1. The van der Waals surface area contributed by atoms with E-state index >= 15 is 0 Å². The molecule has 0 bridgehead atoms. The van der Waals surface area contributed by atoms with E-state index in [1.165, 1.54) is 4.90 Å². The predicted molar refractivity (Wildman–Crippen MR) is 132 cm³/mol. The number of likely N-dealkylation sites (N-methyl/N-ethyl adjacent to an activating group) is 1. The summed E-state index contributed by atoms with van der Waals surface area (Å²) in [6, 6.07) is 23.1. The van der Waals surface area contributed by atoms with Crippen molar-refractivity contribution < 1.29 is 14.3 Å². The largest absolute Gasteiger partial charge is 0.482 e. The molecule has 2 amide bonds. The molecule has 3 aromatic rings. The van der Waals surface area contributed by atoms with Crippen LogP contribution in [0.1, 0.15) is 18.1 Å². The van der Waals surface area contributed by atoms with Gasteiger partial charge in [-0.1, -0.05) is 83.9 Å². The molecule has 3 aromatic carbocycles. The lowest BCUT2D eigenvalue weighted by atomic mass is 10.0. The second-order valence-corrected chi connectivity index (χ2v) is 8.25. The third-order valence-electron chi connectivity index (χ3n) is 5.11. The third kappa shape index (κ3) is 6.98. The number of hydrogen-bond donors (Lipinski definition) is 1. The number of carbonyl (C=O) groups is 2. The molecule has 0 aliphatic rings. The lowest BCUT2D eigenvalue weighted by molar-refractivity contribution is -0.142. The Morgan fingerprint density at radius 3 is 2.21 bits per heavy atom. The molecule has 0 aliphatic carbocycles. The number of carbonyl (C=O) groups excluding carboxylic acids is 2. The Morgan fingerprint density at radius 2 is 1.55 bits per heavy atom. The van der Waals surface area contributed by atoms with Gasteiger partial charge in [0.05, 0.1) is 5.02 Å². The summed E-state index contributed by atoms with van der Waals surface area (Å²) in [5.74, 6) is -0.177. The molecule has 0 spiro atoms. The first-order valence-electron chi connectivity index (χ1n) is 10.7. The molecule has 7 heteroatoms. The SMILES string of the molecule is CCNC(=O)C(Cc1ccccc1)N(Cc1ccccc1Cl)C(=O)COc1ccccc1Cl. The fraction of sp³-hybridized carbons (Fsp3) is 0.231. The molecule has 1 N–H and O–H groups in total. The molecule has 0 aromatic heterocycles. The van der Waals surface area contributed by atoms with Crippen LogP contribution in [-0.2, 0) is 22.6 Å². The molecule has 1 atom stereocenters. The van der Waals surface area contributed by atoms with Crippen LogP contribution in [0, 0.1) is 0 Å². The Bertz CT molecular complexity index is 1080. The monoisotopic (exact) mass is 484 g/mol. The summed E-state index contributed by atoms with van der Waals surface area (Å²) in [4.78, 5) is 28.0. The standard InChI is InChI=1S/C26H26Cl2N2O3/c1-2-29-26(32)23(16-19-10-4-3-5-11-19)30(17-20-12-6-7-13-21(20)27)25(31)18-33-24-15-9-8-14-22(24)28/h3-15,23H,2,16-18H2,1H3,(H,29,32). The zero-order chi connectivity index (χ0) is 23.6. The maximum Gasteiger partial charge on any atom is 0.261 e. The average molecular weight is 485 g/mol. The topological polar surface area (TPSA) is 58.6 Å². The van der Waals surface area contributed by atoms with E-state index in [0.29, 0.717) is 28.8 Å². The Kier molecular flexibility index (Phi) is 9.16. The summed E-state index contributed by atoms with van der Waals surface area (Å²) >= 11 is 12.6. The van der Waals surface area contributed by atoms with E-state index in [-0.39, 0.29) is 25.0 Å². The summed E-state index contributed by atoms with van der Waals surface area (Å²) in [7, 11) is 0. The van der Waals surface area contributed by atoms with Gasteiger partial charge in [-0.2, -0.15) is 0 Å². The van der Waals surface area contributed by atoms with Gasteiger partial charge in [-0.3, -0.25) is 9.59 Å². The maximum absolute atomic E-state index is 13.4. The van der Waals surface area contributed by atoms with E-state index in [4.69, 9.17) is 27.9 Å². The van der Waals surface area contributed by atoms with E-state index in [1.807, 2.05) is 55.5 Å². The summed E-state index contributed by atoms with van der Waals surface area (Å²) in [5.41, 5.74) is 1.69. The first kappa shape index (κ1) is 24.6. The summed E-state index contributed by atoms with van der Waals surface area (Å²) < 4.78 is 5.70. The fourth-order valence-corrected chi connectivity index (χ4v) is 3.83. The van der Waals surface area contributed by atoms with Gasteiger partial charge in [-0.25, -0.2) is 0 Å². The minimum atomic E-state index is -0.744. The molecule has 5 nitrogen and oxygen atoms in total. The Labute approximate surface area is 204 Å². The predicted octanol–water partition coefficient (Wildman–Crippen LogP) is 5.15. The number of halogens is 2. The second-order valence-electron chi connectivity index (χ2n) is 7.43. The van der Waals surface area contributed by atoms with Crippen LogP contribution < -0.4 is 10.1 Å². The molecule has 0 aliphatic heterocycles. The fourth-order valence-electron chi connectivity index (χ4n) is 3.44. The van der Waals surface area contributed by atoms with Gasteiger partial charge in [0.25, 0.3) is 5.91 Å². The second kappa shape index (κ2) is 12.3. The minimum absolute atomic E-state index is 0.166. The number of nitrogens with one attached hydrogen (secondary N) is 1. The molecule has 3 rings (SSSR count). The van der Waals surface area contributed by atoms with Gasteiger partial charge < -0.3 is 15.0 Å². The van der Waals surface area contributed by atoms with Crippen molar-refractivity contribution in [2.24, 2.45) is 0 Å². The van der Waals surface area contributed by atoms with Crippen molar-refractivity contribution in [3.63, 3.8) is 0 Å². The lowest BCUT2D eigenvalue weighted by Crippen LogP contribution is -2.51. The number of amides is 2. The van der Waals surface area contributed by atoms with Gasteiger partial charge in [0.2, 0.25) is 5.91 Å². The normalized spacial score (nSPS) is 11.5. The van der Waals surface area contributed by atoms with Crippen LogP contribution in [0.3, 0.4) is 0 Å². The zero-order valence-corrected chi connectivity index (χ0v) is 19.9. The molecule has 0 saturated heterocycles. The zero-order valence-electron chi connectivity index (χ0n) is 18.3. The van der Waals surface area contributed by atoms with E-state index in [9.17, 15) is 9.59 Å². The van der Waals surface area contributed by atoms with Crippen molar-refractivity contribution >= 4 is 35.0 Å². The van der Waals surface area contributed by atoms with Crippen molar-refractivity contribution in [1.29, 1.82) is 0 Å². The number of hydrogen-bond acceptors (Lipinski definition) is 3. The average Bonchev–Trinajstić information content (AvgIpc) is 2.82. The van der Waals surface area contributed by atoms with E-state index in [2.05, 4.69) is 5.32 Å². The first-order valence-corrected chi connectivity index (χ1v) is 11.5. The van der Waals surface area contributed by atoms with E-state index in [0.717, 1.165) is 11.1 Å². The third-order valence-corrected chi connectivity index (χ3v) is 5.79. The molecule has 33 heavy (non-hydrogen) atoms. The molecule has 0 heterocycles. The Balaban J connectivity index is 1.91. The van der Waals surface area contributed by atoms with Crippen LogP contribution in [0.5, 0.6) is 5.75 Å². The van der Waals surface area contributed by atoms with Crippen molar-refractivity contribution in [2.75, 3.05) is 13.2 Å². The van der Waals surface area contributed by atoms with E-state index < -0.39 is 6.04 Å². The highest BCUT2D eigenvalue weighted by Crippen LogP contribution is 2.24. The van der Waals surface area contributed by atoms with Crippen LogP contribution in [0.4, 0.5) is 0 Å².